The van der Waals surface area contributed by atoms with Gasteiger partial charge in [0, 0.05) is 30.1 Å². The summed E-state index contributed by atoms with van der Waals surface area (Å²) in [6, 6.07) is 6.30. The maximum atomic E-state index is 13.0. The van der Waals surface area contributed by atoms with Crippen LogP contribution in [0.15, 0.2) is 23.0 Å². The standard InChI is InChI=1S/C21H28N4O2/c1-14-7-5-9-19(15(14)2)24-12-23(11-18-8-6-10-27-18)13-25-20(26)16(3)17(4)22-21(24)25/h5,7,9,18H,6,8,10-13H2,1-4H3. The lowest BCUT2D eigenvalue weighted by Gasteiger charge is -2.39. The van der Waals surface area contributed by atoms with E-state index in [4.69, 9.17) is 9.72 Å². The van der Waals surface area contributed by atoms with Gasteiger partial charge in [0.25, 0.3) is 5.56 Å². The van der Waals surface area contributed by atoms with Gasteiger partial charge in [-0.05, 0) is 57.7 Å². The number of hydrogen-bond donors (Lipinski definition) is 0. The highest BCUT2D eigenvalue weighted by atomic mass is 16.5. The van der Waals surface area contributed by atoms with Crippen molar-refractivity contribution in [2.24, 2.45) is 0 Å². The first-order valence-corrected chi connectivity index (χ1v) is 9.71. The number of rotatable bonds is 3. The van der Waals surface area contributed by atoms with Crippen molar-refractivity contribution < 1.29 is 4.74 Å². The van der Waals surface area contributed by atoms with Crippen molar-refractivity contribution in [2.45, 2.75) is 53.3 Å². The van der Waals surface area contributed by atoms with E-state index in [0.717, 1.165) is 48.9 Å². The summed E-state index contributed by atoms with van der Waals surface area (Å²) in [5.74, 6) is 0.736. The molecule has 27 heavy (non-hydrogen) atoms. The number of aryl methyl sites for hydroxylation is 2. The van der Waals surface area contributed by atoms with Crippen molar-refractivity contribution in [2.75, 3.05) is 24.7 Å². The van der Waals surface area contributed by atoms with Crippen LogP contribution in [0.25, 0.3) is 0 Å². The molecular weight excluding hydrogens is 340 g/mol. The van der Waals surface area contributed by atoms with Crippen molar-refractivity contribution >= 4 is 11.6 Å². The molecule has 0 radical (unpaired) electrons. The number of ether oxygens (including phenoxy) is 1. The van der Waals surface area contributed by atoms with E-state index < -0.39 is 0 Å². The van der Waals surface area contributed by atoms with E-state index in [0.29, 0.717) is 13.3 Å². The Morgan fingerprint density at radius 3 is 2.70 bits per heavy atom. The summed E-state index contributed by atoms with van der Waals surface area (Å²) in [4.78, 5) is 22.3. The molecule has 0 spiro atoms. The van der Waals surface area contributed by atoms with Crippen molar-refractivity contribution in [3.63, 3.8) is 0 Å². The van der Waals surface area contributed by atoms with Gasteiger partial charge < -0.3 is 4.74 Å². The van der Waals surface area contributed by atoms with Gasteiger partial charge in [0.15, 0.2) is 0 Å². The van der Waals surface area contributed by atoms with E-state index in [2.05, 4.69) is 41.8 Å². The van der Waals surface area contributed by atoms with Gasteiger partial charge >= 0.3 is 0 Å². The van der Waals surface area contributed by atoms with Crippen LogP contribution in [-0.2, 0) is 11.4 Å². The first-order chi connectivity index (χ1) is 13.0. The van der Waals surface area contributed by atoms with Gasteiger partial charge in [-0.2, -0.15) is 0 Å². The highest BCUT2D eigenvalue weighted by Crippen LogP contribution is 2.31. The number of nitrogens with zero attached hydrogens (tertiary/aromatic N) is 4. The average Bonchev–Trinajstić information content (AvgIpc) is 3.15. The fourth-order valence-corrected chi connectivity index (χ4v) is 3.99. The molecule has 1 unspecified atom stereocenters. The third-order valence-corrected chi connectivity index (χ3v) is 5.89. The lowest BCUT2D eigenvalue weighted by Crippen LogP contribution is -2.49. The monoisotopic (exact) mass is 368 g/mol. The van der Waals surface area contributed by atoms with Crippen molar-refractivity contribution in [3.05, 3.63) is 50.9 Å². The van der Waals surface area contributed by atoms with Gasteiger partial charge in [-0.15, -0.1) is 0 Å². The van der Waals surface area contributed by atoms with Crippen molar-refractivity contribution in [1.29, 1.82) is 0 Å². The van der Waals surface area contributed by atoms with Gasteiger partial charge in [-0.1, -0.05) is 12.1 Å². The van der Waals surface area contributed by atoms with E-state index in [1.807, 2.05) is 18.4 Å². The Kier molecular flexibility index (Phi) is 4.78. The van der Waals surface area contributed by atoms with Crippen LogP contribution in [0.1, 0.15) is 35.2 Å². The third kappa shape index (κ3) is 3.28. The molecule has 4 rings (SSSR count). The molecule has 6 nitrogen and oxygen atoms in total. The second kappa shape index (κ2) is 7.09. The molecule has 1 saturated heterocycles. The summed E-state index contributed by atoms with van der Waals surface area (Å²) >= 11 is 0. The molecule has 2 aliphatic heterocycles. The molecule has 0 N–H and O–H groups in total. The van der Waals surface area contributed by atoms with Crippen LogP contribution < -0.4 is 10.5 Å². The summed E-state index contributed by atoms with van der Waals surface area (Å²) in [6.07, 6.45) is 2.46. The topological polar surface area (TPSA) is 50.6 Å². The summed E-state index contributed by atoms with van der Waals surface area (Å²) in [5, 5.41) is 0. The Bertz CT molecular complexity index is 915. The Hall–Kier alpha value is -2.18. The summed E-state index contributed by atoms with van der Waals surface area (Å²) in [6.45, 7) is 11.0. The largest absolute Gasteiger partial charge is 0.377 e. The molecular formula is C21H28N4O2. The average molecular weight is 368 g/mol. The molecule has 144 valence electrons. The number of benzene rings is 1. The Morgan fingerprint density at radius 1 is 1.15 bits per heavy atom. The maximum absolute atomic E-state index is 13.0. The fraction of sp³-hybridized carbons (Fsp3) is 0.524. The molecule has 0 aliphatic carbocycles. The van der Waals surface area contributed by atoms with Crippen LogP contribution in [0.2, 0.25) is 0 Å². The number of hydrogen-bond acceptors (Lipinski definition) is 5. The van der Waals surface area contributed by atoms with Crippen molar-refractivity contribution in [3.8, 4) is 0 Å². The van der Waals surface area contributed by atoms with Crippen LogP contribution in [0.4, 0.5) is 11.6 Å². The summed E-state index contributed by atoms with van der Waals surface area (Å²) in [5.41, 5.74) is 5.13. The smallest absolute Gasteiger partial charge is 0.259 e. The number of fused-ring (bicyclic) bond motifs is 1. The predicted molar refractivity (Wildman–Crippen MR) is 107 cm³/mol. The summed E-state index contributed by atoms with van der Waals surface area (Å²) in [7, 11) is 0. The van der Waals surface area contributed by atoms with Gasteiger partial charge in [0.2, 0.25) is 5.95 Å². The number of anilines is 2. The predicted octanol–water partition coefficient (Wildman–Crippen LogP) is 3.02. The minimum atomic E-state index is 0.0462. The SMILES string of the molecule is Cc1cccc(N2CN(CC3CCCO3)Cn3c2nc(C)c(C)c3=O)c1C. The normalized spacial score (nSPS) is 20.1. The van der Waals surface area contributed by atoms with E-state index in [9.17, 15) is 4.79 Å². The zero-order chi connectivity index (χ0) is 19.1. The molecule has 3 heterocycles. The summed E-state index contributed by atoms with van der Waals surface area (Å²) < 4.78 is 7.65. The second-order valence-corrected chi connectivity index (χ2v) is 7.77. The lowest BCUT2D eigenvalue weighted by atomic mass is 10.1. The maximum Gasteiger partial charge on any atom is 0.259 e. The first-order valence-electron chi connectivity index (χ1n) is 9.71. The highest BCUT2D eigenvalue weighted by molar-refractivity contribution is 5.64. The fourth-order valence-electron chi connectivity index (χ4n) is 3.99. The molecule has 1 aromatic carbocycles. The third-order valence-electron chi connectivity index (χ3n) is 5.89. The minimum absolute atomic E-state index is 0.0462. The highest BCUT2D eigenvalue weighted by Gasteiger charge is 2.30. The van der Waals surface area contributed by atoms with Crippen LogP contribution in [0, 0.1) is 27.7 Å². The Labute approximate surface area is 160 Å². The lowest BCUT2D eigenvalue weighted by molar-refractivity contribution is 0.0584. The van der Waals surface area contributed by atoms with Crippen LogP contribution in [0.3, 0.4) is 0 Å². The minimum Gasteiger partial charge on any atom is -0.377 e. The van der Waals surface area contributed by atoms with Gasteiger partial charge in [-0.3, -0.25) is 19.2 Å². The molecule has 1 aromatic heterocycles. The van der Waals surface area contributed by atoms with Gasteiger partial charge in [0.05, 0.1) is 19.4 Å². The molecule has 0 amide bonds. The Morgan fingerprint density at radius 2 is 1.96 bits per heavy atom. The number of aromatic nitrogens is 2. The van der Waals surface area contributed by atoms with Crippen LogP contribution in [-0.4, -0.2) is 40.4 Å². The van der Waals surface area contributed by atoms with Crippen LogP contribution in [0.5, 0.6) is 0 Å². The van der Waals surface area contributed by atoms with E-state index in [1.165, 1.54) is 11.1 Å². The van der Waals surface area contributed by atoms with Gasteiger partial charge in [-0.25, -0.2) is 4.98 Å². The molecule has 2 aromatic rings. The van der Waals surface area contributed by atoms with E-state index >= 15 is 0 Å². The quantitative estimate of drug-likeness (QED) is 0.834. The van der Waals surface area contributed by atoms with Crippen molar-refractivity contribution in [1.82, 2.24) is 14.5 Å². The molecule has 0 saturated carbocycles. The second-order valence-electron chi connectivity index (χ2n) is 7.77. The zero-order valence-corrected chi connectivity index (χ0v) is 16.7. The zero-order valence-electron chi connectivity index (χ0n) is 16.7. The molecule has 1 atom stereocenters. The molecule has 6 heteroatoms. The molecule has 1 fully saturated rings. The van der Waals surface area contributed by atoms with E-state index in [-0.39, 0.29) is 11.7 Å². The van der Waals surface area contributed by atoms with Crippen LogP contribution >= 0.6 is 0 Å². The van der Waals surface area contributed by atoms with Gasteiger partial charge in [0.1, 0.15) is 0 Å². The molecule has 0 bridgehead atoms. The molecule has 2 aliphatic rings. The van der Waals surface area contributed by atoms with E-state index in [1.54, 1.807) is 0 Å². The first kappa shape index (κ1) is 18.2. The Balaban J connectivity index is 1.79.